The van der Waals surface area contributed by atoms with E-state index in [2.05, 4.69) is 35.6 Å². The van der Waals surface area contributed by atoms with Gasteiger partial charge in [0.2, 0.25) is 0 Å². The molecule has 2 atom stereocenters. The fraction of sp³-hybridized carbons (Fsp3) is 0.400. The molecule has 0 aliphatic carbocycles. The Morgan fingerprint density at radius 1 is 1.27 bits per heavy atom. The summed E-state index contributed by atoms with van der Waals surface area (Å²) in [6.07, 6.45) is 0.708. The van der Waals surface area contributed by atoms with Crippen molar-refractivity contribution in [1.82, 2.24) is 15.0 Å². The minimum atomic E-state index is -0.0735. The van der Waals surface area contributed by atoms with Gasteiger partial charge in [-0.1, -0.05) is 16.8 Å². The van der Waals surface area contributed by atoms with Gasteiger partial charge in [0.1, 0.15) is 11.5 Å². The fourth-order valence-electron chi connectivity index (χ4n) is 3.66. The molecular weight excluding hydrogens is 330 g/mol. The highest BCUT2D eigenvalue weighted by atomic mass is 16.5. The lowest BCUT2D eigenvalue weighted by atomic mass is 9.98. The van der Waals surface area contributed by atoms with Gasteiger partial charge in [-0.05, 0) is 32.0 Å². The van der Waals surface area contributed by atoms with Gasteiger partial charge in [-0.2, -0.15) is 0 Å². The Hall–Kier alpha value is -2.60. The van der Waals surface area contributed by atoms with E-state index in [4.69, 9.17) is 9.26 Å². The number of ether oxygens (including phenoxy) is 1. The number of hydrogen-bond donors (Lipinski definition) is 1. The first-order valence-corrected chi connectivity index (χ1v) is 8.88. The third-order valence-corrected chi connectivity index (χ3v) is 5.09. The van der Waals surface area contributed by atoms with Crippen LogP contribution in [-0.2, 0) is 18.2 Å². The quantitative estimate of drug-likeness (QED) is 0.783. The van der Waals surface area contributed by atoms with Crippen molar-refractivity contribution in [2.45, 2.75) is 26.3 Å². The maximum absolute atomic E-state index is 12.9. The van der Waals surface area contributed by atoms with E-state index >= 15 is 0 Å². The van der Waals surface area contributed by atoms with E-state index in [1.54, 1.807) is 0 Å². The van der Waals surface area contributed by atoms with E-state index in [-0.39, 0.29) is 17.9 Å². The van der Waals surface area contributed by atoms with Crippen LogP contribution in [0.2, 0.25) is 0 Å². The zero-order chi connectivity index (χ0) is 18.3. The highest BCUT2D eigenvalue weighted by molar-refractivity contribution is 5.99. The summed E-state index contributed by atoms with van der Waals surface area (Å²) in [7, 11) is 1.92. The number of fused-ring (bicyclic) bond motifs is 1. The van der Waals surface area contributed by atoms with Gasteiger partial charge in [-0.25, -0.2) is 0 Å². The lowest BCUT2D eigenvalue weighted by molar-refractivity contribution is 0.0916. The molecule has 1 aliphatic rings. The SMILES string of the molecule is Cc1ccc2c(c1)cc(C(=O)N[C@H]1COC[C@H]1Cc1cc(C)no1)n2C. The van der Waals surface area contributed by atoms with Crippen molar-refractivity contribution in [3.63, 3.8) is 0 Å². The highest BCUT2D eigenvalue weighted by Gasteiger charge is 2.31. The van der Waals surface area contributed by atoms with Crippen LogP contribution in [0.5, 0.6) is 0 Å². The first kappa shape index (κ1) is 16.8. The van der Waals surface area contributed by atoms with E-state index in [1.807, 2.05) is 30.7 Å². The van der Waals surface area contributed by atoms with Crippen molar-refractivity contribution in [2.24, 2.45) is 13.0 Å². The Bertz CT molecular complexity index is 957. The Morgan fingerprint density at radius 2 is 2.12 bits per heavy atom. The van der Waals surface area contributed by atoms with Gasteiger partial charge in [0, 0.05) is 36.4 Å². The summed E-state index contributed by atoms with van der Waals surface area (Å²) >= 11 is 0. The summed E-state index contributed by atoms with van der Waals surface area (Å²) in [6, 6.07) is 10.1. The molecule has 3 heterocycles. The van der Waals surface area contributed by atoms with Crippen molar-refractivity contribution >= 4 is 16.8 Å². The molecule has 1 saturated heterocycles. The van der Waals surface area contributed by atoms with Crippen LogP contribution in [0.15, 0.2) is 34.9 Å². The standard InChI is InChI=1S/C20H23N3O3/c1-12-4-5-18-14(6-12)9-19(23(18)3)20(24)21-17-11-25-10-15(17)8-16-7-13(2)22-26-16/h4-7,9,15,17H,8,10-11H2,1-3H3,(H,21,24)/t15-,17+/m1/s1. The first-order chi connectivity index (χ1) is 12.5. The van der Waals surface area contributed by atoms with Crippen molar-refractivity contribution in [3.8, 4) is 0 Å². The van der Waals surface area contributed by atoms with Crippen LogP contribution in [0, 0.1) is 19.8 Å². The van der Waals surface area contributed by atoms with E-state index in [9.17, 15) is 4.79 Å². The number of hydrogen-bond acceptors (Lipinski definition) is 4. The Morgan fingerprint density at radius 3 is 2.88 bits per heavy atom. The number of nitrogens with zero attached hydrogens (tertiary/aromatic N) is 2. The molecule has 0 unspecified atom stereocenters. The molecule has 0 radical (unpaired) electrons. The number of nitrogens with one attached hydrogen (secondary N) is 1. The number of benzene rings is 1. The molecule has 0 bridgehead atoms. The van der Waals surface area contributed by atoms with Gasteiger partial charge in [-0.15, -0.1) is 0 Å². The number of rotatable bonds is 4. The molecule has 0 saturated carbocycles. The number of carbonyl (C=O) groups is 1. The lowest BCUT2D eigenvalue weighted by Gasteiger charge is -2.18. The topological polar surface area (TPSA) is 69.3 Å². The van der Waals surface area contributed by atoms with E-state index < -0.39 is 0 Å². The lowest BCUT2D eigenvalue weighted by Crippen LogP contribution is -2.41. The summed E-state index contributed by atoms with van der Waals surface area (Å²) < 4.78 is 12.9. The van der Waals surface area contributed by atoms with Crippen LogP contribution in [0.4, 0.5) is 0 Å². The summed E-state index contributed by atoms with van der Waals surface area (Å²) in [5.74, 6) is 0.941. The predicted octanol–water partition coefficient (Wildman–Crippen LogP) is 2.77. The second kappa shape index (κ2) is 6.61. The smallest absolute Gasteiger partial charge is 0.268 e. The molecule has 136 valence electrons. The van der Waals surface area contributed by atoms with Crippen molar-refractivity contribution < 1.29 is 14.1 Å². The molecule has 26 heavy (non-hydrogen) atoms. The van der Waals surface area contributed by atoms with E-state index in [1.165, 1.54) is 5.56 Å². The summed E-state index contributed by atoms with van der Waals surface area (Å²) in [4.78, 5) is 12.9. The average molecular weight is 353 g/mol. The van der Waals surface area contributed by atoms with Crippen molar-refractivity contribution in [2.75, 3.05) is 13.2 Å². The molecule has 6 heteroatoms. The number of carbonyl (C=O) groups excluding carboxylic acids is 1. The summed E-state index contributed by atoms with van der Waals surface area (Å²) in [5.41, 5.74) is 3.76. The zero-order valence-electron chi connectivity index (χ0n) is 15.3. The third kappa shape index (κ3) is 3.12. The van der Waals surface area contributed by atoms with Gasteiger partial charge in [0.15, 0.2) is 0 Å². The Balaban J connectivity index is 1.51. The first-order valence-electron chi connectivity index (χ1n) is 8.88. The van der Waals surface area contributed by atoms with Crippen molar-refractivity contribution in [1.29, 1.82) is 0 Å². The van der Waals surface area contributed by atoms with E-state index in [0.717, 1.165) is 22.4 Å². The minimum Gasteiger partial charge on any atom is -0.379 e. The second-order valence-electron chi connectivity index (χ2n) is 7.17. The highest BCUT2D eigenvalue weighted by Crippen LogP contribution is 2.23. The predicted molar refractivity (Wildman–Crippen MR) is 98.2 cm³/mol. The molecule has 6 nitrogen and oxygen atoms in total. The molecule has 2 aromatic heterocycles. The van der Waals surface area contributed by atoms with Gasteiger partial charge < -0.3 is 19.1 Å². The average Bonchev–Trinajstić information content (AvgIpc) is 3.29. The maximum atomic E-state index is 12.9. The number of aromatic nitrogens is 2. The number of amides is 1. The molecule has 1 aromatic carbocycles. The third-order valence-electron chi connectivity index (χ3n) is 5.09. The minimum absolute atomic E-state index is 0.0346. The molecule has 1 fully saturated rings. The van der Waals surface area contributed by atoms with Crippen LogP contribution in [0.3, 0.4) is 0 Å². The van der Waals surface area contributed by atoms with Crippen LogP contribution < -0.4 is 5.32 Å². The Kier molecular flexibility index (Phi) is 4.28. The molecule has 1 N–H and O–H groups in total. The molecule has 1 aliphatic heterocycles. The zero-order valence-corrected chi connectivity index (χ0v) is 15.3. The molecule has 3 aromatic rings. The van der Waals surface area contributed by atoms with Gasteiger partial charge >= 0.3 is 0 Å². The van der Waals surface area contributed by atoms with Gasteiger partial charge in [0.05, 0.1) is 24.9 Å². The summed E-state index contributed by atoms with van der Waals surface area (Å²) in [5, 5.41) is 8.15. The monoisotopic (exact) mass is 353 g/mol. The molecule has 0 spiro atoms. The molecular formula is C20H23N3O3. The van der Waals surface area contributed by atoms with E-state index in [0.29, 0.717) is 25.3 Å². The van der Waals surface area contributed by atoms with Crippen LogP contribution >= 0.6 is 0 Å². The normalized spacial score (nSPS) is 20.0. The van der Waals surface area contributed by atoms with Crippen LogP contribution in [0.25, 0.3) is 10.9 Å². The van der Waals surface area contributed by atoms with Gasteiger partial charge in [0.25, 0.3) is 5.91 Å². The molecule has 1 amide bonds. The van der Waals surface area contributed by atoms with Gasteiger partial charge in [-0.3, -0.25) is 4.79 Å². The molecule has 4 rings (SSSR count). The number of aryl methyl sites for hydroxylation is 3. The van der Waals surface area contributed by atoms with Crippen LogP contribution in [-0.4, -0.2) is 34.9 Å². The fourth-order valence-corrected chi connectivity index (χ4v) is 3.66. The van der Waals surface area contributed by atoms with Crippen molar-refractivity contribution in [3.05, 3.63) is 53.0 Å². The largest absolute Gasteiger partial charge is 0.379 e. The van der Waals surface area contributed by atoms with Crippen LogP contribution in [0.1, 0.15) is 27.5 Å². The maximum Gasteiger partial charge on any atom is 0.268 e. The summed E-state index contributed by atoms with van der Waals surface area (Å²) in [6.45, 7) is 5.09. The Labute approximate surface area is 152 Å². The second-order valence-corrected chi connectivity index (χ2v) is 7.17.